The molecule has 0 aliphatic carbocycles. The standard InChI is InChI=1S/C36H76O12Si/c1-7-8-9-10-11-12-13-37-14-15-38-16-17-39-18-19-40-20-21-41-22-23-42-24-25-43-26-27-44-28-29-45-30-31-46-32-33-47-34-35-48-49(5,6)36(2,3)4/h7-35H2,1-6H3. The third-order valence-electron chi connectivity index (χ3n) is 7.86. The minimum Gasteiger partial charge on any atom is -0.414 e. The van der Waals surface area contributed by atoms with E-state index >= 15 is 0 Å². The molecule has 296 valence electrons. The molecule has 0 amide bonds. The van der Waals surface area contributed by atoms with Crippen LogP contribution in [0.2, 0.25) is 18.1 Å². The van der Waals surface area contributed by atoms with Gasteiger partial charge in [0.05, 0.1) is 145 Å². The van der Waals surface area contributed by atoms with Gasteiger partial charge in [-0.2, -0.15) is 0 Å². The van der Waals surface area contributed by atoms with E-state index in [9.17, 15) is 0 Å². The molecule has 0 aliphatic heterocycles. The van der Waals surface area contributed by atoms with Crippen LogP contribution in [0, 0.1) is 0 Å². The number of hydrogen-bond acceptors (Lipinski definition) is 12. The summed E-state index contributed by atoms with van der Waals surface area (Å²) in [7, 11) is -1.70. The summed E-state index contributed by atoms with van der Waals surface area (Å²) in [6, 6.07) is 0. The van der Waals surface area contributed by atoms with Crippen molar-refractivity contribution in [3.05, 3.63) is 0 Å². The molecule has 13 heteroatoms. The second kappa shape index (κ2) is 37.5. The van der Waals surface area contributed by atoms with Gasteiger partial charge in [-0.05, 0) is 24.6 Å². The molecule has 0 atom stereocenters. The summed E-state index contributed by atoms with van der Waals surface area (Å²) in [5, 5.41) is 0.219. The molecule has 0 aromatic heterocycles. The lowest BCUT2D eigenvalue weighted by Crippen LogP contribution is -2.41. The van der Waals surface area contributed by atoms with E-state index in [0.717, 1.165) is 13.0 Å². The van der Waals surface area contributed by atoms with E-state index in [1.807, 2.05) is 0 Å². The largest absolute Gasteiger partial charge is 0.414 e. The number of hydrogen-bond donors (Lipinski definition) is 0. The van der Waals surface area contributed by atoms with Crippen LogP contribution in [0.5, 0.6) is 0 Å². The molecule has 0 fully saturated rings. The maximum Gasteiger partial charge on any atom is 0.192 e. The minimum atomic E-state index is -1.70. The highest BCUT2D eigenvalue weighted by Gasteiger charge is 2.36. The Labute approximate surface area is 300 Å². The van der Waals surface area contributed by atoms with Gasteiger partial charge in [-0.3, -0.25) is 0 Å². The predicted molar refractivity (Wildman–Crippen MR) is 196 cm³/mol. The molecule has 0 spiro atoms. The van der Waals surface area contributed by atoms with Crippen molar-refractivity contribution >= 4 is 8.32 Å². The summed E-state index contributed by atoms with van der Waals surface area (Å²) in [6.07, 6.45) is 7.69. The molecular weight excluding hydrogens is 652 g/mol. The summed E-state index contributed by atoms with van der Waals surface area (Å²) in [6.45, 7) is 26.4. The topological polar surface area (TPSA) is 111 Å². The zero-order valence-corrected chi connectivity index (χ0v) is 33.4. The molecule has 0 N–H and O–H groups in total. The third kappa shape index (κ3) is 37.3. The van der Waals surface area contributed by atoms with Crippen LogP contribution in [0.15, 0.2) is 0 Å². The molecule has 0 aromatic carbocycles. The molecule has 12 nitrogen and oxygen atoms in total. The normalized spacial score (nSPS) is 12.4. The molecule has 0 bridgehead atoms. The Morgan fingerprint density at radius 2 is 0.531 bits per heavy atom. The summed E-state index contributed by atoms with van der Waals surface area (Å²) in [4.78, 5) is 0. The maximum atomic E-state index is 6.08. The Bertz CT molecular complexity index is 640. The van der Waals surface area contributed by atoms with Crippen LogP contribution in [0.25, 0.3) is 0 Å². The zero-order chi connectivity index (χ0) is 36.0. The average molecular weight is 729 g/mol. The lowest BCUT2D eigenvalue weighted by molar-refractivity contribution is -0.0278. The fraction of sp³-hybridized carbons (Fsp3) is 1.00. The molecule has 0 saturated carbocycles. The van der Waals surface area contributed by atoms with Crippen LogP contribution in [-0.2, 0) is 56.5 Å². The van der Waals surface area contributed by atoms with Crippen molar-refractivity contribution in [2.75, 3.05) is 152 Å². The van der Waals surface area contributed by atoms with Gasteiger partial charge in [0, 0.05) is 6.61 Å². The first-order chi connectivity index (χ1) is 23.8. The molecule has 0 rings (SSSR count). The van der Waals surface area contributed by atoms with Crippen molar-refractivity contribution in [1.82, 2.24) is 0 Å². The van der Waals surface area contributed by atoms with Gasteiger partial charge in [-0.1, -0.05) is 59.8 Å². The monoisotopic (exact) mass is 729 g/mol. The highest BCUT2D eigenvalue weighted by atomic mass is 28.4. The van der Waals surface area contributed by atoms with Gasteiger partial charge < -0.3 is 56.5 Å². The summed E-state index contributed by atoms with van der Waals surface area (Å²) >= 11 is 0. The summed E-state index contributed by atoms with van der Waals surface area (Å²) in [5.41, 5.74) is 0. The third-order valence-corrected chi connectivity index (χ3v) is 12.4. The van der Waals surface area contributed by atoms with Gasteiger partial charge in [-0.25, -0.2) is 0 Å². The zero-order valence-electron chi connectivity index (χ0n) is 32.4. The molecule has 49 heavy (non-hydrogen) atoms. The van der Waals surface area contributed by atoms with Gasteiger partial charge in [0.2, 0.25) is 0 Å². The Morgan fingerprint density at radius 1 is 0.306 bits per heavy atom. The molecule has 0 aromatic rings. The Morgan fingerprint density at radius 3 is 0.796 bits per heavy atom. The first-order valence-corrected chi connectivity index (χ1v) is 21.7. The van der Waals surface area contributed by atoms with E-state index in [-0.39, 0.29) is 5.04 Å². The lowest BCUT2D eigenvalue weighted by Gasteiger charge is -2.36. The van der Waals surface area contributed by atoms with Crippen molar-refractivity contribution in [2.45, 2.75) is 84.4 Å². The molecule has 0 unspecified atom stereocenters. The van der Waals surface area contributed by atoms with Crippen molar-refractivity contribution in [3.63, 3.8) is 0 Å². The minimum absolute atomic E-state index is 0.219. The van der Waals surface area contributed by atoms with Gasteiger partial charge in [0.25, 0.3) is 0 Å². The molecule has 0 radical (unpaired) electrons. The van der Waals surface area contributed by atoms with E-state index in [1.54, 1.807) is 0 Å². The van der Waals surface area contributed by atoms with E-state index in [0.29, 0.717) is 145 Å². The fourth-order valence-corrected chi connectivity index (χ4v) is 4.88. The van der Waals surface area contributed by atoms with Crippen LogP contribution in [0.4, 0.5) is 0 Å². The van der Waals surface area contributed by atoms with E-state index in [1.165, 1.54) is 32.1 Å². The summed E-state index contributed by atoms with van der Waals surface area (Å²) < 4.78 is 66.9. The number of unbranched alkanes of at least 4 members (excludes halogenated alkanes) is 5. The number of rotatable bonds is 41. The van der Waals surface area contributed by atoms with Gasteiger partial charge in [0.1, 0.15) is 0 Å². The molecular formula is C36H76O12Si. The maximum absolute atomic E-state index is 6.08. The van der Waals surface area contributed by atoms with Gasteiger partial charge in [-0.15, -0.1) is 0 Å². The molecule has 0 heterocycles. The Kier molecular flexibility index (Phi) is 37.3. The van der Waals surface area contributed by atoms with E-state index in [2.05, 4.69) is 40.8 Å². The van der Waals surface area contributed by atoms with Crippen molar-refractivity contribution in [1.29, 1.82) is 0 Å². The quantitative estimate of drug-likeness (QED) is 0.0582. The van der Waals surface area contributed by atoms with E-state index in [4.69, 9.17) is 56.5 Å². The van der Waals surface area contributed by atoms with Crippen LogP contribution >= 0.6 is 0 Å². The van der Waals surface area contributed by atoms with Crippen molar-refractivity contribution in [2.24, 2.45) is 0 Å². The molecule has 0 aliphatic rings. The number of ether oxygens (including phenoxy) is 11. The van der Waals surface area contributed by atoms with Gasteiger partial charge >= 0.3 is 0 Å². The SMILES string of the molecule is CCCCCCCCOCCOCCOCCOCCOCCOCCOCCOCCOCCOCCOCCO[Si](C)(C)C(C)(C)C. The first kappa shape index (κ1) is 48.7. The van der Waals surface area contributed by atoms with Crippen LogP contribution in [-0.4, -0.2) is 160 Å². The van der Waals surface area contributed by atoms with Crippen LogP contribution in [0.1, 0.15) is 66.2 Å². The average Bonchev–Trinajstić information content (AvgIpc) is 3.07. The van der Waals surface area contributed by atoms with Crippen molar-refractivity contribution in [3.8, 4) is 0 Å². The first-order valence-electron chi connectivity index (χ1n) is 18.8. The highest BCUT2D eigenvalue weighted by Crippen LogP contribution is 2.36. The Balaban J connectivity index is 3.11. The fourth-order valence-electron chi connectivity index (χ4n) is 3.86. The molecule has 0 saturated heterocycles. The smallest absolute Gasteiger partial charge is 0.192 e. The summed E-state index contributed by atoms with van der Waals surface area (Å²) in [5.74, 6) is 0. The second-order valence-electron chi connectivity index (χ2n) is 13.1. The van der Waals surface area contributed by atoms with Crippen LogP contribution < -0.4 is 0 Å². The van der Waals surface area contributed by atoms with E-state index < -0.39 is 8.32 Å². The van der Waals surface area contributed by atoms with Gasteiger partial charge in [0.15, 0.2) is 8.32 Å². The van der Waals surface area contributed by atoms with Crippen molar-refractivity contribution < 1.29 is 56.5 Å². The lowest BCUT2D eigenvalue weighted by atomic mass is 10.1. The van der Waals surface area contributed by atoms with Crippen LogP contribution in [0.3, 0.4) is 0 Å². The highest BCUT2D eigenvalue weighted by molar-refractivity contribution is 6.74. The predicted octanol–water partition coefficient (Wildman–Crippen LogP) is 5.55. The Hall–Kier alpha value is -0.263. The second-order valence-corrected chi connectivity index (χ2v) is 17.9.